The molecule has 0 saturated carbocycles. The molecule has 0 fully saturated rings. The minimum atomic E-state index is 0.201. The van der Waals surface area contributed by atoms with Crippen molar-refractivity contribution in [3.8, 4) is 0 Å². The van der Waals surface area contributed by atoms with E-state index in [1.54, 1.807) is 4.90 Å². The molecule has 102 valence electrons. The molecule has 0 spiro atoms. The zero-order valence-corrected chi connectivity index (χ0v) is 12.4. The maximum Gasteiger partial charge on any atom is 0.222 e. The highest BCUT2D eigenvalue weighted by Gasteiger charge is 2.09. The van der Waals surface area contributed by atoms with E-state index in [9.17, 15) is 4.79 Å². The summed E-state index contributed by atoms with van der Waals surface area (Å²) >= 11 is 7.39. The predicted molar refractivity (Wildman–Crippen MR) is 77.9 cm³/mol. The second-order valence-corrected chi connectivity index (χ2v) is 6.21. The van der Waals surface area contributed by atoms with E-state index < -0.39 is 0 Å². The Morgan fingerprint density at radius 3 is 2.67 bits per heavy atom. The maximum absolute atomic E-state index is 11.9. The monoisotopic (exact) mass is 288 g/mol. The van der Waals surface area contributed by atoms with Crippen LogP contribution in [0.5, 0.6) is 0 Å². The molecule has 2 N–H and O–H groups in total. The minimum absolute atomic E-state index is 0.201. The van der Waals surface area contributed by atoms with Crippen molar-refractivity contribution in [2.24, 2.45) is 5.73 Å². The molecule has 0 saturated heterocycles. The smallest absolute Gasteiger partial charge is 0.222 e. The molecule has 0 radical (unpaired) electrons. The summed E-state index contributed by atoms with van der Waals surface area (Å²) in [6, 6.07) is 3.84. The fraction of sp³-hybridized carbons (Fsp3) is 0.615. The van der Waals surface area contributed by atoms with Crippen LogP contribution in [0.25, 0.3) is 0 Å². The van der Waals surface area contributed by atoms with Gasteiger partial charge < -0.3 is 10.6 Å². The van der Waals surface area contributed by atoms with E-state index in [0.29, 0.717) is 13.0 Å². The van der Waals surface area contributed by atoms with Crippen molar-refractivity contribution in [3.05, 3.63) is 21.3 Å². The van der Waals surface area contributed by atoms with E-state index in [0.717, 1.165) is 41.4 Å². The van der Waals surface area contributed by atoms with Gasteiger partial charge in [-0.3, -0.25) is 4.79 Å². The van der Waals surface area contributed by atoms with Gasteiger partial charge in [-0.25, -0.2) is 0 Å². The number of carbonyl (C=O) groups excluding carboxylic acids is 1. The van der Waals surface area contributed by atoms with Crippen molar-refractivity contribution in [2.45, 2.75) is 38.6 Å². The van der Waals surface area contributed by atoms with Crippen molar-refractivity contribution in [2.75, 3.05) is 13.6 Å². The Morgan fingerprint density at radius 2 is 2.06 bits per heavy atom. The second kappa shape index (κ2) is 8.51. The molecule has 0 unspecified atom stereocenters. The highest BCUT2D eigenvalue weighted by Crippen LogP contribution is 2.22. The summed E-state index contributed by atoms with van der Waals surface area (Å²) in [5.74, 6) is 0.201. The van der Waals surface area contributed by atoms with Crippen LogP contribution in [0.1, 0.15) is 37.0 Å². The molecule has 1 rings (SSSR count). The Labute approximate surface area is 118 Å². The van der Waals surface area contributed by atoms with Gasteiger partial charge in [0.05, 0.1) is 10.9 Å². The Morgan fingerprint density at radius 1 is 1.33 bits per heavy atom. The van der Waals surface area contributed by atoms with E-state index in [1.807, 2.05) is 19.2 Å². The van der Waals surface area contributed by atoms with Crippen LogP contribution in [0.15, 0.2) is 12.1 Å². The number of hydrogen-bond acceptors (Lipinski definition) is 3. The SMILES string of the molecule is CN(Cc1ccc(Cl)s1)C(=O)CCCCCCN. The first-order chi connectivity index (χ1) is 8.63. The Kier molecular flexibility index (Phi) is 7.32. The second-order valence-electron chi connectivity index (χ2n) is 4.41. The molecule has 1 aromatic rings. The lowest BCUT2D eigenvalue weighted by Gasteiger charge is -2.16. The van der Waals surface area contributed by atoms with Gasteiger partial charge in [0.15, 0.2) is 0 Å². The first-order valence-corrected chi connectivity index (χ1v) is 7.51. The van der Waals surface area contributed by atoms with Gasteiger partial charge in [0.1, 0.15) is 0 Å². The van der Waals surface area contributed by atoms with Gasteiger partial charge in [-0.15, -0.1) is 11.3 Å². The fourth-order valence-electron chi connectivity index (χ4n) is 1.72. The summed E-state index contributed by atoms with van der Waals surface area (Å²) in [4.78, 5) is 14.8. The molecule has 0 bridgehead atoms. The van der Waals surface area contributed by atoms with Gasteiger partial charge in [0.2, 0.25) is 5.91 Å². The van der Waals surface area contributed by atoms with Gasteiger partial charge >= 0.3 is 0 Å². The first kappa shape index (κ1) is 15.5. The van der Waals surface area contributed by atoms with Crippen LogP contribution >= 0.6 is 22.9 Å². The van der Waals surface area contributed by atoms with Crippen LogP contribution in [-0.2, 0) is 11.3 Å². The van der Waals surface area contributed by atoms with Gasteiger partial charge in [0.25, 0.3) is 0 Å². The third kappa shape index (κ3) is 5.85. The van der Waals surface area contributed by atoms with Gasteiger partial charge in [-0.1, -0.05) is 24.4 Å². The first-order valence-electron chi connectivity index (χ1n) is 6.31. The zero-order valence-electron chi connectivity index (χ0n) is 10.8. The third-order valence-corrected chi connectivity index (χ3v) is 4.01. The molecule has 1 heterocycles. The third-order valence-electron chi connectivity index (χ3n) is 2.79. The van der Waals surface area contributed by atoms with Crippen LogP contribution in [0.3, 0.4) is 0 Å². The lowest BCUT2D eigenvalue weighted by Crippen LogP contribution is -2.25. The standard InChI is InChI=1S/C13H21ClN2OS/c1-16(10-11-7-8-12(14)18-11)13(17)6-4-2-3-5-9-15/h7-8H,2-6,9-10,15H2,1H3. The van der Waals surface area contributed by atoms with Gasteiger partial charge in [0, 0.05) is 18.3 Å². The summed E-state index contributed by atoms with van der Waals surface area (Å²) in [5, 5.41) is 0. The predicted octanol–water partition coefficient (Wildman–Crippen LogP) is 3.27. The Hall–Kier alpha value is -0.580. The Bertz CT molecular complexity index is 368. The lowest BCUT2D eigenvalue weighted by atomic mass is 10.1. The number of rotatable bonds is 8. The van der Waals surface area contributed by atoms with Crippen molar-refractivity contribution in [1.82, 2.24) is 4.90 Å². The largest absolute Gasteiger partial charge is 0.341 e. The van der Waals surface area contributed by atoms with Crippen molar-refractivity contribution >= 4 is 28.8 Å². The van der Waals surface area contributed by atoms with Crippen molar-refractivity contribution < 1.29 is 4.79 Å². The molecule has 0 aliphatic rings. The van der Waals surface area contributed by atoms with E-state index in [1.165, 1.54) is 11.3 Å². The normalized spacial score (nSPS) is 10.6. The quantitative estimate of drug-likeness (QED) is 0.746. The highest BCUT2D eigenvalue weighted by atomic mass is 35.5. The number of nitrogens with two attached hydrogens (primary N) is 1. The molecule has 0 aromatic carbocycles. The number of halogens is 1. The molecule has 1 amide bonds. The molecular weight excluding hydrogens is 268 g/mol. The van der Waals surface area contributed by atoms with Gasteiger partial charge in [-0.05, 0) is 31.5 Å². The number of amides is 1. The average molecular weight is 289 g/mol. The summed E-state index contributed by atoms with van der Waals surface area (Å²) < 4.78 is 0.771. The number of hydrogen-bond donors (Lipinski definition) is 1. The zero-order chi connectivity index (χ0) is 13.4. The van der Waals surface area contributed by atoms with E-state index in [-0.39, 0.29) is 5.91 Å². The van der Waals surface area contributed by atoms with Crippen LogP contribution < -0.4 is 5.73 Å². The van der Waals surface area contributed by atoms with Gasteiger partial charge in [-0.2, -0.15) is 0 Å². The topological polar surface area (TPSA) is 46.3 Å². The number of carbonyl (C=O) groups is 1. The van der Waals surface area contributed by atoms with Crippen molar-refractivity contribution in [1.29, 1.82) is 0 Å². The van der Waals surface area contributed by atoms with E-state index in [2.05, 4.69) is 0 Å². The van der Waals surface area contributed by atoms with E-state index in [4.69, 9.17) is 17.3 Å². The molecule has 18 heavy (non-hydrogen) atoms. The van der Waals surface area contributed by atoms with Crippen LogP contribution in [0.4, 0.5) is 0 Å². The minimum Gasteiger partial charge on any atom is -0.341 e. The number of nitrogens with zero attached hydrogens (tertiary/aromatic N) is 1. The molecular formula is C13H21ClN2OS. The molecule has 0 aliphatic carbocycles. The molecule has 5 heteroatoms. The average Bonchev–Trinajstić information content (AvgIpc) is 2.74. The number of thiophene rings is 1. The Balaban J connectivity index is 2.20. The summed E-state index contributed by atoms with van der Waals surface area (Å²) in [7, 11) is 1.84. The molecule has 0 atom stereocenters. The highest BCUT2D eigenvalue weighted by molar-refractivity contribution is 7.16. The van der Waals surface area contributed by atoms with E-state index >= 15 is 0 Å². The molecule has 1 aromatic heterocycles. The lowest BCUT2D eigenvalue weighted by molar-refractivity contribution is -0.130. The fourth-order valence-corrected chi connectivity index (χ4v) is 2.86. The van der Waals surface area contributed by atoms with Crippen LogP contribution in [0, 0.1) is 0 Å². The summed E-state index contributed by atoms with van der Waals surface area (Å²) in [5.41, 5.74) is 5.42. The van der Waals surface area contributed by atoms with Crippen LogP contribution in [0.2, 0.25) is 4.34 Å². The van der Waals surface area contributed by atoms with Crippen molar-refractivity contribution in [3.63, 3.8) is 0 Å². The maximum atomic E-state index is 11.9. The summed E-state index contributed by atoms with van der Waals surface area (Å²) in [6.07, 6.45) is 4.84. The molecule has 0 aliphatic heterocycles. The van der Waals surface area contributed by atoms with Crippen LogP contribution in [-0.4, -0.2) is 24.4 Å². The number of unbranched alkanes of at least 4 members (excludes halogenated alkanes) is 3. The molecule has 3 nitrogen and oxygen atoms in total. The summed E-state index contributed by atoms with van der Waals surface area (Å²) in [6.45, 7) is 1.39.